The van der Waals surface area contributed by atoms with E-state index >= 15 is 0 Å². The minimum atomic E-state index is 0.203. The van der Waals surface area contributed by atoms with Gasteiger partial charge in [-0.05, 0) is 37.2 Å². The number of rotatable bonds is 7. The van der Waals surface area contributed by atoms with Gasteiger partial charge in [-0.2, -0.15) is 0 Å². The van der Waals surface area contributed by atoms with Gasteiger partial charge in [-0.3, -0.25) is 9.59 Å². The van der Waals surface area contributed by atoms with Gasteiger partial charge >= 0.3 is 0 Å². The van der Waals surface area contributed by atoms with Gasteiger partial charge in [0.05, 0.1) is 0 Å². The van der Waals surface area contributed by atoms with Gasteiger partial charge in [0.15, 0.2) is 0 Å². The van der Waals surface area contributed by atoms with Gasteiger partial charge in [-0.15, -0.1) is 0 Å². The Morgan fingerprint density at radius 3 is 2.33 bits per heavy atom. The number of aryl methyl sites for hydroxylation is 1. The lowest BCUT2D eigenvalue weighted by molar-refractivity contribution is -0.132. The number of nitrogens with zero attached hydrogens (tertiary/aromatic N) is 1. The van der Waals surface area contributed by atoms with Crippen LogP contribution in [0.2, 0.25) is 0 Å². The van der Waals surface area contributed by atoms with Crippen LogP contribution in [0, 0.1) is 5.92 Å². The number of nitrogens with one attached hydrogen (secondary N) is 1. The van der Waals surface area contributed by atoms with Gasteiger partial charge in [0.1, 0.15) is 0 Å². The van der Waals surface area contributed by atoms with Gasteiger partial charge in [0, 0.05) is 32.0 Å². The van der Waals surface area contributed by atoms with Crippen molar-refractivity contribution in [1.82, 2.24) is 10.2 Å². The second-order valence-electron chi connectivity index (χ2n) is 8.25. The number of likely N-dealkylation sites (tertiary alicyclic amines) is 1. The highest BCUT2D eigenvalue weighted by Gasteiger charge is 2.24. The van der Waals surface area contributed by atoms with E-state index < -0.39 is 0 Å². The van der Waals surface area contributed by atoms with Crippen LogP contribution in [-0.4, -0.2) is 35.8 Å². The van der Waals surface area contributed by atoms with Crippen molar-refractivity contribution in [3.63, 3.8) is 0 Å². The zero-order valence-corrected chi connectivity index (χ0v) is 16.5. The van der Waals surface area contributed by atoms with Crippen LogP contribution >= 0.6 is 0 Å². The predicted octanol–water partition coefficient (Wildman–Crippen LogP) is 4.09. The van der Waals surface area contributed by atoms with E-state index in [1.54, 1.807) is 0 Å². The molecule has 1 aliphatic heterocycles. The summed E-state index contributed by atoms with van der Waals surface area (Å²) in [5, 5.41) is 3.20. The van der Waals surface area contributed by atoms with E-state index in [1.165, 1.54) is 37.7 Å². The molecule has 4 heteroatoms. The third kappa shape index (κ3) is 6.67. The van der Waals surface area contributed by atoms with Gasteiger partial charge in [-0.1, -0.05) is 62.4 Å². The minimum Gasteiger partial charge on any atom is -0.353 e. The SMILES string of the molecule is O=C(CCC1CCCCC1)NC1CCN(C(=O)CCc2ccccc2)CC1. The maximum atomic E-state index is 12.4. The first-order chi connectivity index (χ1) is 13.2. The summed E-state index contributed by atoms with van der Waals surface area (Å²) in [4.78, 5) is 26.6. The summed E-state index contributed by atoms with van der Waals surface area (Å²) in [5.41, 5.74) is 1.21. The molecule has 2 amide bonds. The fourth-order valence-electron chi connectivity index (χ4n) is 4.44. The lowest BCUT2D eigenvalue weighted by Crippen LogP contribution is -2.46. The number of carbonyl (C=O) groups excluding carboxylic acids is 2. The molecule has 2 aliphatic rings. The molecule has 1 aromatic carbocycles. The molecule has 1 saturated heterocycles. The maximum absolute atomic E-state index is 12.4. The first-order valence-corrected chi connectivity index (χ1v) is 10.8. The van der Waals surface area contributed by atoms with Crippen molar-refractivity contribution in [2.24, 2.45) is 5.92 Å². The second-order valence-corrected chi connectivity index (χ2v) is 8.25. The number of benzene rings is 1. The van der Waals surface area contributed by atoms with E-state index in [0.717, 1.165) is 44.7 Å². The Labute approximate surface area is 163 Å². The zero-order valence-electron chi connectivity index (χ0n) is 16.5. The van der Waals surface area contributed by atoms with Crippen LogP contribution in [0.1, 0.15) is 69.8 Å². The van der Waals surface area contributed by atoms with Gasteiger partial charge in [0.2, 0.25) is 11.8 Å². The molecule has 1 heterocycles. The Hall–Kier alpha value is -1.84. The molecule has 2 fully saturated rings. The van der Waals surface area contributed by atoms with Crippen molar-refractivity contribution < 1.29 is 9.59 Å². The average molecular weight is 371 g/mol. The largest absolute Gasteiger partial charge is 0.353 e. The van der Waals surface area contributed by atoms with E-state index in [0.29, 0.717) is 12.8 Å². The van der Waals surface area contributed by atoms with E-state index in [2.05, 4.69) is 17.4 Å². The van der Waals surface area contributed by atoms with Crippen molar-refractivity contribution in [2.75, 3.05) is 13.1 Å². The molecular weight excluding hydrogens is 336 g/mol. The first-order valence-electron chi connectivity index (χ1n) is 10.8. The lowest BCUT2D eigenvalue weighted by atomic mass is 9.86. The molecule has 3 rings (SSSR count). The van der Waals surface area contributed by atoms with Gasteiger partial charge in [-0.25, -0.2) is 0 Å². The lowest BCUT2D eigenvalue weighted by Gasteiger charge is -2.32. The third-order valence-electron chi connectivity index (χ3n) is 6.19. The average Bonchev–Trinajstić information content (AvgIpc) is 2.72. The van der Waals surface area contributed by atoms with E-state index in [-0.39, 0.29) is 17.9 Å². The molecule has 1 aromatic rings. The quantitative estimate of drug-likeness (QED) is 0.786. The van der Waals surface area contributed by atoms with Crippen LogP contribution in [0.15, 0.2) is 30.3 Å². The van der Waals surface area contributed by atoms with Crippen LogP contribution in [0.25, 0.3) is 0 Å². The molecule has 0 unspecified atom stereocenters. The Balaban J connectivity index is 1.31. The summed E-state index contributed by atoms with van der Waals surface area (Å²) in [5.74, 6) is 1.20. The highest BCUT2D eigenvalue weighted by Crippen LogP contribution is 2.27. The molecule has 1 saturated carbocycles. The van der Waals surface area contributed by atoms with Crippen molar-refractivity contribution in [1.29, 1.82) is 0 Å². The molecule has 1 aliphatic carbocycles. The van der Waals surface area contributed by atoms with Gasteiger partial charge < -0.3 is 10.2 Å². The minimum absolute atomic E-state index is 0.203. The van der Waals surface area contributed by atoms with Gasteiger partial charge in [0.25, 0.3) is 0 Å². The van der Waals surface area contributed by atoms with Crippen LogP contribution in [-0.2, 0) is 16.0 Å². The van der Waals surface area contributed by atoms with E-state index in [9.17, 15) is 9.59 Å². The summed E-state index contributed by atoms with van der Waals surface area (Å²) in [7, 11) is 0. The maximum Gasteiger partial charge on any atom is 0.222 e. The van der Waals surface area contributed by atoms with Crippen molar-refractivity contribution >= 4 is 11.8 Å². The first kappa shape index (κ1) is 19.9. The molecule has 148 valence electrons. The standard InChI is InChI=1S/C23H34N2O2/c26-22(13-11-19-7-3-1-4-8-19)24-21-15-17-25(18-16-21)23(27)14-12-20-9-5-2-6-10-20/h2,5-6,9-10,19,21H,1,3-4,7-8,11-18H2,(H,24,26). The Bertz CT molecular complexity index is 588. The van der Waals surface area contributed by atoms with Crippen molar-refractivity contribution in [2.45, 2.75) is 76.7 Å². The monoisotopic (exact) mass is 370 g/mol. The summed E-state index contributed by atoms with van der Waals surface area (Å²) in [6.07, 6.45) is 11.5. The Morgan fingerprint density at radius 1 is 0.926 bits per heavy atom. The summed E-state index contributed by atoms with van der Waals surface area (Å²) < 4.78 is 0. The molecule has 0 bridgehead atoms. The second kappa shape index (κ2) is 10.5. The fourth-order valence-corrected chi connectivity index (χ4v) is 4.44. The predicted molar refractivity (Wildman–Crippen MR) is 108 cm³/mol. The molecule has 0 spiro atoms. The number of carbonyl (C=O) groups is 2. The smallest absolute Gasteiger partial charge is 0.222 e. The molecule has 0 radical (unpaired) electrons. The Kier molecular flexibility index (Phi) is 7.73. The zero-order chi connectivity index (χ0) is 18.9. The van der Waals surface area contributed by atoms with Crippen LogP contribution in [0.5, 0.6) is 0 Å². The molecular formula is C23H34N2O2. The number of hydrogen-bond donors (Lipinski definition) is 1. The number of hydrogen-bond acceptors (Lipinski definition) is 2. The van der Waals surface area contributed by atoms with Crippen LogP contribution < -0.4 is 5.32 Å². The number of amides is 2. The normalized spacial score (nSPS) is 19.0. The van der Waals surface area contributed by atoms with Crippen LogP contribution in [0.4, 0.5) is 0 Å². The molecule has 4 nitrogen and oxygen atoms in total. The number of piperidine rings is 1. The molecule has 1 N–H and O–H groups in total. The third-order valence-corrected chi connectivity index (χ3v) is 6.19. The summed E-state index contributed by atoms with van der Waals surface area (Å²) in [6, 6.07) is 10.4. The van der Waals surface area contributed by atoms with E-state index in [1.807, 2.05) is 23.1 Å². The van der Waals surface area contributed by atoms with Crippen molar-refractivity contribution in [3.8, 4) is 0 Å². The van der Waals surface area contributed by atoms with Crippen LogP contribution in [0.3, 0.4) is 0 Å². The topological polar surface area (TPSA) is 49.4 Å². The fraction of sp³-hybridized carbons (Fsp3) is 0.652. The summed E-state index contributed by atoms with van der Waals surface area (Å²) in [6.45, 7) is 1.53. The Morgan fingerprint density at radius 2 is 1.63 bits per heavy atom. The molecule has 0 atom stereocenters. The molecule has 27 heavy (non-hydrogen) atoms. The molecule has 0 aromatic heterocycles. The van der Waals surface area contributed by atoms with Crippen molar-refractivity contribution in [3.05, 3.63) is 35.9 Å². The summed E-state index contributed by atoms with van der Waals surface area (Å²) >= 11 is 0. The van der Waals surface area contributed by atoms with E-state index in [4.69, 9.17) is 0 Å². The highest BCUT2D eigenvalue weighted by atomic mass is 16.2. The highest BCUT2D eigenvalue weighted by molar-refractivity contribution is 5.77.